The summed E-state index contributed by atoms with van der Waals surface area (Å²) in [6.07, 6.45) is 0.237. The lowest BCUT2D eigenvalue weighted by Crippen LogP contribution is -2.32. The van der Waals surface area contributed by atoms with Crippen molar-refractivity contribution in [2.75, 3.05) is 19.6 Å². The minimum Gasteiger partial charge on any atom is -0.445 e. The second kappa shape index (κ2) is 4.17. The lowest BCUT2D eigenvalue weighted by atomic mass is 9.96. The normalized spacial score (nSPS) is 23.8. The van der Waals surface area contributed by atoms with Gasteiger partial charge in [-0.2, -0.15) is 0 Å². The predicted octanol–water partition coefficient (Wildman–Crippen LogP) is 1.20. The Balaban J connectivity index is 2.31. The molecule has 82 valence electrons. The van der Waals surface area contributed by atoms with Crippen LogP contribution in [0.2, 0.25) is 0 Å². The van der Waals surface area contributed by atoms with Crippen molar-refractivity contribution < 1.29 is 9.53 Å². The number of nitrogens with two attached hydrogens (primary N) is 1. The lowest BCUT2D eigenvalue weighted by molar-refractivity contribution is 0.106. The molecule has 4 heteroatoms. The molecule has 1 amide bonds. The number of amides is 1. The number of nitrogens with zero attached hydrogens (tertiary/aromatic N) is 1. The first-order valence-electron chi connectivity index (χ1n) is 5.05. The maximum atomic E-state index is 10.5. The third-order valence-corrected chi connectivity index (χ3v) is 2.21. The van der Waals surface area contributed by atoms with Gasteiger partial charge in [0.2, 0.25) is 0 Å². The fraction of sp³-hybridized carbons (Fsp3) is 0.900. The molecule has 0 aromatic carbocycles. The number of hydrogen-bond donors (Lipinski definition) is 1. The van der Waals surface area contributed by atoms with Crippen molar-refractivity contribution in [3.8, 4) is 0 Å². The molecule has 2 N–H and O–H groups in total. The number of ether oxygens (including phenoxy) is 1. The number of primary amides is 1. The molecule has 0 bridgehead atoms. The van der Waals surface area contributed by atoms with Crippen LogP contribution in [0.1, 0.15) is 27.2 Å². The minimum absolute atomic E-state index is 0.00477. The monoisotopic (exact) mass is 200 g/mol. The second-order valence-corrected chi connectivity index (χ2v) is 5.14. The lowest BCUT2D eigenvalue weighted by Gasteiger charge is -2.25. The summed E-state index contributed by atoms with van der Waals surface area (Å²) in [7, 11) is 0. The molecule has 0 unspecified atom stereocenters. The molecule has 0 aromatic rings. The zero-order valence-electron chi connectivity index (χ0n) is 9.25. The fourth-order valence-electron chi connectivity index (χ4n) is 1.87. The molecule has 1 atom stereocenters. The Labute approximate surface area is 85.4 Å². The van der Waals surface area contributed by atoms with Gasteiger partial charge < -0.3 is 10.5 Å². The Morgan fingerprint density at radius 1 is 1.57 bits per heavy atom. The van der Waals surface area contributed by atoms with Gasteiger partial charge >= 0.3 is 6.09 Å². The van der Waals surface area contributed by atoms with Crippen molar-refractivity contribution in [1.82, 2.24) is 4.90 Å². The number of carbonyl (C=O) groups is 1. The van der Waals surface area contributed by atoms with E-state index in [1.165, 1.54) is 0 Å². The van der Waals surface area contributed by atoms with E-state index in [9.17, 15) is 4.79 Å². The van der Waals surface area contributed by atoms with Crippen LogP contribution in [0.3, 0.4) is 0 Å². The first kappa shape index (κ1) is 11.3. The summed E-state index contributed by atoms with van der Waals surface area (Å²) >= 11 is 0. The standard InChI is InChI=1S/C10H20N2O2/c1-10(2,3)7-12-5-4-8(6-12)14-9(11)13/h8H,4-7H2,1-3H3,(H2,11,13)/t8-/m0/s1. The summed E-state index contributed by atoms with van der Waals surface area (Å²) in [4.78, 5) is 12.8. The molecule has 1 rings (SSSR count). The van der Waals surface area contributed by atoms with Gasteiger partial charge in [0.1, 0.15) is 6.10 Å². The number of hydrogen-bond acceptors (Lipinski definition) is 3. The van der Waals surface area contributed by atoms with E-state index < -0.39 is 6.09 Å². The molecule has 1 heterocycles. The van der Waals surface area contributed by atoms with Crippen LogP contribution in [0.15, 0.2) is 0 Å². The van der Waals surface area contributed by atoms with E-state index in [0.29, 0.717) is 5.41 Å². The third-order valence-electron chi connectivity index (χ3n) is 2.21. The van der Waals surface area contributed by atoms with Gasteiger partial charge in [0.25, 0.3) is 0 Å². The van der Waals surface area contributed by atoms with Gasteiger partial charge in [-0.05, 0) is 11.8 Å². The highest BCUT2D eigenvalue weighted by Crippen LogP contribution is 2.20. The van der Waals surface area contributed by atoms with E-state index in [0.717, 1.165) is 26.1 Å². The molecule has 0 aromatic heterocycles. The maximum absolute atomic E-state index is 10.5. The van der Waals surface area contributed by atoms with Gasteiger partial charge in [0.15, 0.2) is 0 Å². The van der Waals surface area contributed by atoms with Crippen LogP contribution in [0.5, 0.6) is 0 Å². The average Bonchev–Trinajstić information content (AvgIpc) is 2.30. The van der Waals surface area contributed by atoms with Crippen LogP contribution in [-0.2, 0) is 4.74 Å². The molecule has 14 heavy (non-hydrogen) atoms. The van der Waals surface area contributed by atoms with Gasteiger partial charge in [-0.1, -0.05) is 20.8 Å². The SMILES string of the molecule is CC(C)(C)CN1CC[C@H](OC(N)=O)C1. The molecule has 0 spiro atoms. The first-order valence-corrected chi connectivity index (χ1v) is 5.05. The van der Waals surface area contributed by atoms with Crippen LogP contribution < -0.4 is 5.73 Å². The Bertz CT molecular complexity index is 211. The van der Waals surface area contributed by atoms with Crippen molar-refractivity contribution >= 4 is 6.09 Å². The highest BCUT2D eigenvalue weighted by molar-refractivity contribution is 5.64. The van der Waals surface area contributed by atoms with Crippen molar-refractivity contribution in [2.45, 2.75) is 33.3 Å². The average molecular weight is 200 g/mol. The molecule has 0 aliphatic carbocycles. The fourth-order valence-corrected chi connectivity index (χ4v) is 1.87. The van der Waals surface area contributed by atoms with Crippen LogP contribution in [0.25, 0.3) is 0 Å². The van der Waals surface area contributed by atoms with Crippen molar-refractivity contribution in [3.63, 3.8) is 0 Å². The van der Waals surface area contributed by atoms with Crippen LogP contribution >= 0.6 is 0 Å². The molecule has 0 saturated carbocycles. The van der Waals surface area contributed by atoms with E-state index in [4.69, 9.17) is 10.5 Å². The summed E-state index contributed by atoms with van der Waals surface area (Å²) < 4.78 is 4.95. The maximum Gasteiger partial charge on any atom is 0.404 e. The molecule has 4 nitrogen and oxygen atoms in total. The Hall–Kier alpha value is -0.770. The Kier molecular flexibility index (Phi) is 3.37. The van der Waals surface area contributed by atoms with E-state index in [1.54, 1.807) is 0 Å². The number of rotatable bonds is 2. The summed E-state index contributed by atoms with van der Waals surface area (Å²) in [5, 5.41) is 0. The zero-order chi connectivity index (χ0) is 10.8. The first-order chi connectivity index (χ1) is 6.37. The quantitative estimate of drug-likeness (QED) is 0.728. The van der Waals surface area contributed by atoms with E-state index >= 15 is 0 Å². The van der Waals surface area contributed by atoms with Crippen molar-refractivity contribution in [1.29, 1.82) is 0 Å². The second-order valence-electron chi connectivity index (χ2n) is 5.14. The molecule has 0 radical (unpaired) electrons. The van der Waals surface area contributed by atoms with Gasteiger partial charge in [-0.25, -0.2) is 4.79 Å². The van der Waals surface area contributed by atoms with Crippen LogP contribution in [-0.4, -0.2) is 36.7 Å². The molecule has 1 saturated heterocycles. The highest BCUT2D eigenvalue weighted by Gasteiger charge is 2.27. The van der Waals surface area contributed by atoms with Crippen molar-refractivity contribution in [2.24, 2.45) is 11.1 Å². The largest absolute Gasteiger partial charge is 0.445 e. The smallest absolute Gasteiger partial charge is 0.404 e. The highest BCUT2D eigenvalue weighted by atomic mass is 16.6. The predicted molar refractivity (Wildman–Crippen MR) is 55.0 cm³/mol. The zero-order valence-corrected chi connectivity index (χ0v) is 9.25. The van der Waals surface area contributed by atoms with Gasteiger partial charge in [-0.3, -0.25) is 4.90 Å². The minimum atomic E-state index is -0.660. The topological polar surface area (TPSA) is 55.6 Å². The van der Waals surface area contributed by atoms with Crippen LogP contribution in [0.4, 0.5) is 4.79 Å². The molecular formula is C10H20N2O2. The number of carbonyl (C=O) groups excluding carboxylic acids is 1. The molecular weight excluding hydrogens is 180 g/mol. The summed E-state index contributed by atoms with van der Waals surface area (Å²) in [5.41, 5.74) is 5.26. The summed E-state index contributed by atoms with van der Waals surface area (Å²) in [5.74, 6) is 0. The van der Waals surface area contributed by atoms with Crippen LogP contribution in [0, 0.1) is 5.41 Å². The Morgan fingerprint density at radius 3 is 2.71 bits per heavy atom. The summed E-state index contributed by atoms with van der Waals surface area (Å²) in [6.45, 7) is 9.46. The summed E-state index contributed by atoms with van der Waals surface area (Å²) in [6, 6.07) is 0. The van der Waals surface area contributed by atoms with E-state index in [1.807, 2.05) is 0 Å². The number of likely N-dealkylation sites (tertiary alicyclic amines) is 1. The molecule has 1 aliphatic rings. The van der Waals surface area contributed by atoms with Gasteiger partial charge in [0.05, 0.1) is 0 Å². The Morgan fingerprint density at radius 2 is 2.21 bits per heavy atom. The van der Waals surface area contributed by atoms with Gasteiger partial charge in [-0.15, -0.1) is 0 Å². The van der Waals surface area contributed by atoms with Gasteiger partial charge in [0, 0.05) is 19.6 Å². The molecule has 1 aliphatic heterocycles. The van der Waals surface area contributed by atoms with E-state index in [-0.39, 0.29) is 6.10 Å². The third kappa shape index (κ3) is 3.96. The van der Waals surface area contributed by atoms with E-state index in [2.05, 4.69) is 25.7 Å². The molecule has 1 fully saturated rings. The van der Waals surface area contributed by atoms with Crippen molar-refractivity contribution in [3.05, 3.63) is 0 Å².